The molecule has 0 saturated carbocycles. The lowest BCUT2D eigenvalue weighted by Crippen LogP contribution is -2.35. The fraction of sp³-hybridized carbons (Fsp3) is 0.333. The average molecular weight is 554 g/mol. The molecule has 0 aliphatic carbocycles. The second kappa shape index (κ2) is 11.2. The number of carbonyl (C=O) groups excluding carboxylic acids is 3. The van der Waals surface area contributed by atoms with Gasteiger partial charge in [0.25, 0.3) is 11.8 Å². The molecule has 14 nitrogen and oxygen atoms in total. The van der Waals surface area contributed by atoms with Crippen LogP contribution in [0, 0.1) is 11.3 Å². The summed E-state index contributed by atoms with van der Waals surface area (Å²) in [7, 11) is -2.32. The summed E-state index contributed by atoms with van der Waals surface area (Å²) < 4.78 is 25.0. The minimum absolute atomic E-state index is 0.0882. The van der Waals surface area contributed by atoms with Gasteiger partial charge in [0.05, 0.1) is 17.5 Å². The Hall–Kier alpha value is -4.39. The van der Waals surface area contributed by atoms with Crippen LogP contribution in [0.2, 0.25) is 0 Å². The van der Waals surface area contributed by atoms with Crippen molar-refractivity contribution in [3.8, 4) is 6.07 Å². The molecule has 1 aliphatic heterocycles. The lowest BCUT2D eigenvalue weighted by atomic mass is 10.1. The van der Waals surface area contributed by atoms with Crippen LogP contribution in [0.25, 0.3) is 11.0 Å². The number of aryl methyl sites for hydroxylation is 1. The number of urea groups is 1. The van der Waals surface area contributed by atoms with Gasteiger partial charge in [-0.1, -0.05) is 6.07 Å². The molecule has 0 spiro atoms. The minimum Gasteiger partial charge on any atom is -0.334 e. The molecule has 1 fully saturated rings. The first-order valence-electron chi connectivity index (χ1n) is 12.0. The summed E-state index contributed by atoms with van der Waals surface area (Å²) in [5.74, 6) is -1.20. The zero-order chi connectivity index (χ0) is 28.3. The van der Waals surface area contributed by atoms with Crippen molar-refractivity contribution < 1.29 is 22.8 Å². The van der Waals surface area contributed by atoms with Crippen molar-refractivity contribution in [1.82, 2.24) is 24.8 Å². The number of nitrogens with one attached hydrogen (secondary N) is 1. The Morgan fingerprint density at radius 2 is 2.03 bits per heavy atom. The third kappa shape index (κ3) is 5.87. The van der Waals surface area contributed by atoms with Crippen molar-refractivity contribution in [3.05, 3.63) is 48.0 Å². The molecule has 4 amide bonds. The van der Waals surface area contributed by atoms with Gasteiger partial charge in [0.2, 0.25) is 15.8 Å². The number of anilines is 1. The first kappa shape index (κ1) is 27.6. The molecule has 1 atom stereocenters. The van der Waals surface area contributed by atoms with Gasteiger partial charge in [-0.15, -0.1) is 0 Å². The summed E-state index contributed by atoms with van der Waals surface area (Å²) in [6.45, 7) is 0.140. The number of benzene rings is 1. The van der Waals surface area contributed by atoms with E-state index in [1.165, 1.54) is 35.4 Å². The van der Waals surface area contributed by atoms with Gasteiger partial charge in [-0.2, -0.15) is 5.26 Å². The summed E-state index contributed by atoms with van der Waals surface area (Å²) in [5.41, 5.74) is 6.65. The predicted octanol–water partition coefficient (Wildman–Crippen LogP) is 0.335. The summed E-state index contributed by atoms with van der Waals surface area (Å²) in [6, 6.07) is 7.90. The van der Waals surface area contributed by atoms with Crippen molar-refractivity contribution in [2.45, 2.75) is 36.7 Å². The van der Waals surface area contributed by atoms with E-state index in [4.69, 9.17) is 10.9 Å². The van der Waals surface area contributed by atoms with E-state index in [-0.39, 0.29) is 29.5 Å². The highest BCUT2D eigenvalue weighted by Gasteiger charge is 2.37. The fourth-order valence-corrected chi connectivity index (χ4v) is 4.75. The predicted molar refractivity (Wildman–Crippen MR) is 139 cm³/mol. The van der Waals surface area contributed by atoms with Crippen LogP contribution in [0.4, 0.5) is 10.5 Å². The van der Waals surface area contributed by atoms with Gasteiger partial charge in [-0.3, -0.25) is 19.4 Å². The number of rotatable bonds is 10. The first-order chi connectivity index (χ1) is 18.5. The molecule has 1 saturated heterocycles. The Balaban J connectivity index is 1.52. The Bertz CT molecular complexity index is 1590. The molecule has 15 heteroatoms. The molecule has 3 heterocycles. The number of unbranched alkanes of at least 4 members (excludes halogenated alkanes) is 1. The molecule has 1 aliphatic rings. The minimum atomic E-state index is -3.99. The quantitative estimate of drug-likeness (QED) is 0.233. The molecule has 0 radical (unpaired) electrons. The standard InChI is InChI=1S/C24H27N9O5S/c1-31-18(9-15-12-28-21(30-22(15)31)23(35)29-16(11-26)5-2-3-8-25)13-33-20(34)14-32(24(33)36)17-6-4-7-19(10-17)39(27,37)38/h4,6-7,9-10,12,16H,2-3,5,8,13-14,25H2,1H3,(H,29,35)(H2,27,37,38)/t16-/m0/s1. The zero-order valence-corrected chi connectivity index (χ0v) is 21.9. The van der Waals surface area contributed by atoms with Gasteiger partial charge in [0.15, 0.2) is 0 Å². The maximum absolute atomic E-state index is 13.1. The van der Waals surface area contributed by atoms with Crippen molar-refractivity contribution in [2.75, 3.05) is 18.0 Å². The van der Waals surface area contributed by atoms with Crippen LogP contribution in [0.3, 0.4) is 0 Å². The number of hydrogen-bond acceptors (Lipinski definition) is 9. The second-order valence-electron chi connectivity index (χ2n) is 9.00. The number of nitrogens with two attached hydrogens (primary N) is 2. The largest absolute Gasteiger partial charge is 0.334 e. The summed E-state index contributed by atoms with van der Waals surface area (Å²) in [6.07, 6.45) is 3.34. The Morgan fingerprint density at radius 3 is 2.72 bits per heavy atom. The molecule has 5 N–H and O–H groups in total. The number of fused-ring (bicyclic) bond motifs is 1. The highest BCUT2D eigenvalue weighted by Crippen LogP contribution is 2.26. The van der Waals surface area contributed by atoms with Gasteiger partial charge in [-0.25, -0.2) is 28.3 Å². The van der Waals surface area contributed by atoms with Crippen LogP contribution >= 0.6 is 0 Å². The van der Waals surface area contributed by atoms with E-state index in [1.54, 1.807) is 17.7 Å². The molecule has 0 unspecified atom stereocenters. The van der Waals surface area contributed by atoms with Crippen molar-refractivity contribution in [2.24, 2.45) is 17.9 Å². The van der Waals surface area contributed by atoms with E-state index in [0.29, 0.717) is 36.1 Å². The number of amides is 4. The van der Waals surface area contributed by atoms with Crippen molar-refractivity contribution >= 4 is 44.6 Å². The number of hydrogen-bond donors (Lipinski definition) is 3. The maximum Gasteiger partial charge on any atom is 0.332 e. The molecular formula is C24H27N9O5S. The Labute approximate surface area is 224 Å². The summed E-state index contributed by atoms with van der Waals surface area (Å²) >= 11 is 0. The topological polar surface area (TPSA) is 210 Å². The molecule has 204 valence electrons. The number of aromatic nitrogens is 3. The van der Waals surface area contributed by atoms with Gasteiger partial charge in [0, 0.05) is 30.0 Å². The number of primary sulfonamides is 1. The normalized spacial score (nSPS) is 14.6. The third-order valence-corrected chi connectivity index (χ3v) is 7.22. The number of nitriles is 1. The van der Waals surface area contributed by atoms with Crippen LogP contribution in [-0.2, 0) is 28.4 Å². The highest BCUT2D eigenvalue weighted by atomic mass is 32.2. The maximum atomic E-state index is 13.1. The van der Waals surface area contributed by atoms with E-state index in [2.05, 4.69) is 15.3 Å². The van der Waals surface area contributed by atoms with Crippen LogP contribution < -0.4 is 21.1 Å². The van der Waals surface area contributed by atoms with Gasteiger partial charge >= 0.3 is 6.03 Å². The lowest BCUT2D eigenvalue weighted by molar-refractivity contribution is -0.125. The molecular weight excluding hydrogens is 526 g/mol. The number of sulfonamides is 1. The number of imide groups is 1. The molecule has 39 heavy (non-hydrogen) atoms. The van der Waals surface area contributed by atoms with Gasteiger partial charge < -0.3 is 15.6 Å². The van der Waals surface area contributed by atoms with Crippen LogP contribution in [0.5, 0.6) is 0 Å². The van der Waals surface area contributed by atoms with Crippen molar-refractivity contribution in [1.29, 1.82) is 5.26 Å². The molecule has 3 aromatic rings. The first-order valence-corrected chi connectivity index (χ1v) is 13.5. The smallest absolute Gasteiger partial charge is 0.332 e. The fourth-order valence-electron chi connectivity index (χ4n) is 4.20. The van der Waals surface area contributed by atoms with E-state index in [0.717, 1.165) is 11.3 Å². The molecule has 4 rings (SSSR count). The third-order valence-electron chi connectivity index (χ3n) is 6.31. The molecule has 1 aromatic carbocycles. The Kier molecular flexibility index (Phi) is 7.90. The Morgan fingerprint density at radius 1 is 1.26 bits per heavy atom. The summed E-state index contributed by atoms with van der Waals surface area (Å²) in [4.78, 5) is 49.0. The lowest BCUT2D eigenvalue weighted by Gasteiger charge is -2.18. The molecule has 0 bridgehead atoms. The highest BCUT2D eigenvalue weighted by molar-refractivity contribution is 7.89. The van der Waals surface area contributed by atoms with E-state index in [1.807, 2.05) is 6.07 Å². The average Bonchev–Trinajstić information content (AvgIpc) is 3.38. The van der Waals surface area contributed by atoms with Crippen LogP contribution in [0.1, 0.15) is 35.6 Å². The number of carbonyl (C=O) groups is 3. The second-order valence-corrected chi connectivity index (χ2v) is 10.6. The van der Waals surface area contributed by atoms with E-state index in [9.17, 15) is 28.1 Å². The number of nitrogens with zero attached hydrogens (tertiary/aromatic N) is 6. The van der Waals surface area contributed by atoms with E-state index < -0.39 is 33.9 Å². The SMILES string of the molecule is Cn1c(CN2C(=O)CN(c3cccc(S(N)(=O)=O)c3)C2=O)cc2cnc(C(=O)N[C@H](C#N)CCCCN)nc21. The zero-order valence-electron chi connectivity index (χ0n) is 21.1. The monoisotopic (exact) mass is 553 g/mol. The summed E-state index contributed by atoms with van der Waals surface area (Å²) in [5, 5.41) is 17.7. The molecule has 2 aromatic heterocycles. The van der Waals surface area contributed by atoms with Crippen LogP contribution in [0.15, 0.2) is 41.4 Å². The van der Waals surface area contributed by atoms with Crippen molar-refractivity contribution in [3.63, 3.8) is 0 Å². The van der Waals surface area contributed by atoms with Crippen LogP contribution in [-0.4, -0.2) is 64.8 Å². The van der Waals surface area contributed by atoms with E-state index >= 15 is 0 Å². The van der Waals surface area contributed by atoms with Gasteiger partial charge in [0.1, 0.15) is 18.2 Å². The van der Waals surface area contributed by atoms with Gasteiger partial charge in [-0.05, 0) is 50.1 Å².